The van der Waals surface area contributed by atoms with E-state index < -0.39 is 6.10 Å². The smallest absolute Gasteiger partial charge is 0.0924 e. The minimum Gasteiger partial charge on any atom is -0.387 e. The van der Waals surface area contributed by atoms with Crippen molar-refractivity contribution in [3.8, 4) is 0 Å². The van der Waals surface area contributed by atoms with Gasteiger partial charge in [-0.1, -0.05) is 80.2 Å². The first-order valence-electron chi connectivity index (χ1n) is 11.2. The van der Waals surface area contributed by atoms with E-state index in [1.165, 1.54) is 5.56 Å². The van der Waals surface area contributed by atoms with Crippen molar-refractivity contribution in [3.63, 3.8) is 0 Å². The van der Waals surface area contributed by atoms with Crippen LogP contribution in [0.5, 0.6) is 0 Å². The fraction of sp³-hybridized carbons (Fsp3) is 0.423. The standard InChI is InChI=1S/C26H32Cl2N2O/c1-3-5-12-30(13-6-4-2)18-25(31)22-17-21(14-19-10-8-7-9-11-19)29-26-23(22)15-20(27)16-24(26)28/h7-11,15-17,25,31H,3-6,12-14,18H2,1-2H3/t25-/m1/s1. The van der Waals surface area contributed by atoms with Gasteiger partial charge in [0, 0.05) is 29.1 Å². The van der Waals surface area contributed by atoms with Crippen molar-refractivity contribution in [2.24, 2.45) is 0 Å². The number of nitrogens with zero attached hydrogens (tertiary/aromatic N) is 2. The second-order valence-corrected chi connectivity index (χ2v) is 9.02. The third-order valence-electron chi connectivity index (χ3n) is 5.59. The molecule has 0 saturated carbocycles. The molecule has 0 saturated heterocycles. The maximum Gasteiger partial charge on any atom is 0.0924 e. The SMILES string of the molecule is CCCCN(CCCC)C[C@@H](O)c1cc(Cc2ccccc2)nc2c(Cl)cc(Cl)cc12. The Morgan fingerprint density at radius 3 is 2.29 bits per heavy atom. The predicted molar refractivity (Wildman–Crippen MR) is 132 cm³/mol. The van der Waals surface area contributed by atoms with E-state index in [0.29, 0.717) is 28.5 Å². The Hall–Kier alpha value is -1.65. The number of fused-ring (bicyclic) bond motifs is 1. The number of hydrogen-bond acceptors (Lipinski definition) is 3. The number of pyridine rings is 1. The van der Waals surface area contributed by atoms with Crippen LogP contribution >= 0.6 is 23.2 Å². The summed E-state index contributed by atoms with van der Waals surface area (Å²) in [6.07, 6.45) is 4.59. The summed E-state index contributed by atoms with van der Waals surface area (Å²) in [6, 6.07) is 15.8. The Balaban J connectivity index is 1.97. The average molecular weight is 459 g/mol. The summed E-state index contributed by atoms with van der Waals surface area (Å²) < 4.78 is 0. The van der Waals surface area contributed by atoms with E-state index in [1.807, 2.05) is 30.3 Å². The van der Waals surface area contributed by atoms with Crippen molar-refractivity contribution in [2.45, 2.75) is 52.1 Å². The molecule has 0 fully saturated rings. The molecule has 5 heteroatoms. The molecule has 0 aliphatic rings. The summed E-state index contributed by atoms with van der Waals surface area (Å²) in [5.41, 5.74) is 3.61. The molecule has 1 heterocycles. The van der Waals surface area contributed by atoms with Crippen LogP contribution in [-0.2, 0) is 6.42 Å². The van der Waals surface area contributed by atoms with E-state index >= 15 is 0 Å². The molecule has 3 nitrogen and oxygen atoms in total. The van der Waals surface area contributed by atoms with Gasteiger partial charge in [-0.15, -0.1) is 0 Å². The Labute approximate surface area is 196 Å². The molecule has 3 aromatic rings. The first-order valence-corrected chi connectivity index (χ1v) is 12.0. The molecular formula is C26H32Cl2N2O. The molecule has 2 aromatic carbocycles. The zero-order valence-electron chi connectivity index (χ0n) is 18.5. The second kappa shape index (κ2) is 11.8. The maximum atomic E-state index is 11.3. The van der Waals surface area contributed by atoms with Gasteiger partial charge in [0.2, 0.25) is 0 Å². The largest absolute Gasteiger partial charge is 0.387 e. The monoisotopic (exact) mass is 458 g/mol. The molecule has 0 unspecified atom stereocenters. The average Bonchev–Trinajstić information content (AvgIpc) is 2.76. The summed E-state index contributed by atoms with van der Waals surface area (Å²) in [4.78, 5) is 7.19. The molecule has 3 rings (SSSR count). The van der Waals surface area contributed by atoms with Crippen LogP contribution in [0.1, 0.15) is 62.5 Å². The van der Waals surface area contributed by atoms with E-state index in [0.717, 1.165) is 55.4 Å². The molecule has 1 atom stereocenters. The minimum atomic E-state index is -0.636. The summed E-state index contributed by atoms with van der Waals surface area (Å²) in [6.45, 7) is 6.98. The first kappa shape index (κ1) is 24.0. The molecule has 1 N–H and O–H groups in total. The van der Waals surface area contributed by atoms with Crippen molar-refractivity contribution in [1.82, 2.24) is 9.88 Å². The molecule has 1 aromatic heterocycles. The third-order valence-corrected chi connectivity index (χ3v) is 6.10. The molecule has 0 aliphatic heterocycles. The van der Waals surface area contributed by atoms with E-state index in [9.17, 15) is 5.11 Å². The lowest BCUT2D eigenvalue weighted by Crippen LogP contribution is -2.31. The highest BCUT2D eigenvalue weighted by atomic mass is 35.5. The zero-order valence-corrected chi connectivity index (χ0v) is 20.0. The van der Waals surface area contributed by atoms with Crippen LogP contribution < -0.4 is 0 Å². The topological polar surface area (TPSA) is 36.4 Å². The molecule has 31 heavy (non-hydrogen) atoms. The number of benzene rings is 2. The highest BCUT2D eigenvalue weighted by Crippen LogP contribution is 2.33. The fourth-order valence-electron chi connectivity index (χ4n) is 3.90. The van der Waals surface area contributed by atoms with Gasteiger partial charge in [0.15, 0.2) is 0 Å². The van der Waals surface area contributed by atoms with Crippen LogP contribution in [0.3, 0.4) is 0 Å². The molecule has 166 valence electrons. The fourth-order valence-corrected chi connectivity index (χ4v) is 4.44. The molecule has 0 amide bonds. The van der Waals surface area contributed by atoms with Gasteiger partial charge in [-0.25, -0.2) is 0 Å². The van der Waals surface area contributed by atoms with Gasteiger partial charge in [-0.2, -0.15) is 0 Å². The van der Waals surface area contributed by atoms with Crippen molar-refractivity contribution in [3.05, 3.63) is 75.4 Å². The van der Waals surface area contributed by atoms with Gasteiger partial charge >= 0.3 is 0 Å². The third kappa shape index (κ3) is 6.66. The van der Waals surface area contributed by atoms with Crippen LogP contribution in [0.15, 0.2) is 48.5 Å². The van der Waals surface area contributed by atoms with E-state index in [1.54, 1.807) is 6.07 Å². The Kier molecular flexibility index (Phi) is 9.15. The van der Waals surface area contributed by atoms with Gasteiger partial charge in [0.1, 0.15) is 0 Å². The lowest BCUT2D eigenvalue weighted by molar-refractivity contribution is 0.112. The Morgan fingerprint density at radius 1 is 0.968 bits per heavy atom. The van der Waals surface area contributed by atoms with Crippen LogP contribution in [0.25, 0.3) is 10.9 Å². The van der Waals surface area contributed by atoms with E-state index in [2.05, 4.69) is 30.9 Å². The van der Waals surface area contributed by atoms with Gasteiger partial charge < -0.3 is 10.0 Å². The number of unbranched alkanes of at least 4 members (excludes halogenated alkanes) is 2. The zero-order chi connectivity index (χ0) is 22.2. The van der Waals surface area contributed by atoms with Gasteiger partial charge in [-0.05, 0) is 55.3 Å². The molecular weight excluding hydrogens is 427 g/mol. The predicted octanol–water partition coefficient (Wildman–Crippen LogP) is 7.07. The van der Waals surface area contributed by atoms with Crippen LogP contribution in [0, 0.1) is 0 Å². The Morgan fingerprint density at radius 2 is 1.65 bits per heavy atom. The lowest BCUT2D eigenvalue weighted by Gasteiger charge is -2.26. The first-order chi connectivity index (χ1) is 15.0. The van der Waals surface area contributed by atoms with E-state index in [4.69, 9.17) is 28.2 Å². The number of aliphatic hydroxyl groups is 1. The number of aliphatic hydroxyl groups excluding tert-OH is 1. The van der Waals surface area contributed by atoms with Crippen LogP contribution in [0.4, 0.5) is 0 Å². The number of rotatable bonds is 11. The number of hydrogen-bond donors (Lipinski definition) is 1. The molecule has 0 spiro atoms. The van der Waals surface area contributed by atoms with Crippen LogP contribution in [0.2, 0.25) is 10.0 Å². The summed E-state index contributed by atoms with van der Waals surface area (Å²) >= 11 is 12.8. The van der Waals surface area contributed by atoms with Crippen molar-refractivity contribution < 1.29 is 5.11 Å². The normalized spacial score (nSPS) is 12.6. The summed E-state index contributed by atoms with van der Waals surface area (Å²) in [7, 11) is 0. The van der Waals surface area contributed by atoms with Gasteiger partial charge in [-0.3, -0.25) is 4.98 Å². The lowest BCUT2D eigenvalue weighted by atomic mass is 9.99. The van der Waals surface area contributed by atoms with Crippen molar-refractivity contribution >= 4 is 34.1 Å². The summed E-state index contributed by atoms with van der Waals surface area (Å²) in [5, 5.41) is 13.2. The Bertz CT molecular complexity index is 970. The molecule has 0 radical (unpaired) electrons. The minimum absolute atomic E-state index is 0.514. The number of aromatic nitrogens is 1. The van der Waals surface area contributed by atoms with E-state index in [-0.39, 0.29) is 0 Å². The summed E-state index contributed by atoms with van der Waals surface area (Å²) in [5.74, 6) is 0. The highest BCUT2D eigenvalue weighted by Gasteiger charge is 2.19. The molecule has 0 aliphatic carbocycles. The van der Waals surface area contributed by atoms with Crippen molar-refractivity contribution in [2.75, 3.05) is 19.6 Å². The quantitative estimate of drug-likeness (QED) is 0.333. The second-order valence-electron chi connectivity index (χ2n) is 8.17. The van der Waals surface area contributed by atoms with Crippen LogP contribution in [-0.4, -0.2) is 34.6 Å². The highest BCUT2D eigenvalue weighted by molar-refractivity contribution is 6.38. The van der Waals surface area contributed by atoms with Gasteiger partial charge in [0.25, 0.3) is 0 Å². The molecule has 0 bridgehead atoms. The number of halogens is 2. The van der Waals surface area contributed by atoms with Crippen molar-refractivity contribution in [1.29, 1.82) is 0 Å². The maximum absolute atomic E-state index is 11.3. The van der Waals surface area contributed by atoms with Gasteiger partial charge in [0.05, 0.1) is 16.6 Å².